The van der Waals surface area contributed by atoms with Gasteiger partial charge in [0, 0.05) is 42.0 Å². The molecule has 2 amide bonds. The molecule has 0 spiro atoms. The number of halogens is 2. The van der Waals surface area contributed by atoms with Crippen LogP contribution in [0.25, 0.3) is 22.4 Å². The van der Waals surface area contributed by atoms with Crippen molar-refractivity contribution in [1.82, 2.24) is 34.5 Å². The minimum absolute atomic E-state index is 0.00283. The third-order valence-corrected chi connectivity index (χ3v) is 11.2. The largest absolute Gasteiger partial charge is 0.497 e. The molecule has 4 aromatic heterocycles. The Bertz CT molecular complexity index is 2530. The number of benzene rings is 2. The van der Waals surface area contributed by atoms with Gasteiger partial charge in [0.2, 0.25) is 0 Å². The van der Waals surface area contributed by atoms with Gasteiger partial charge in [-0.3, -0.25) is 9.78 Å². The van der Waals surface area contributed by atoms with E-state index in [0.29, 0.717) is 37.0 Å². The van der Waals surface area contributed by atoms with Gasteiger partial charge in [-0.25, -0.2) is 40.9 Å². The molecule has 57 heavy (non-hydrogen) atoms. The number of amides is 2. The zero-order valence-corrected chi connectivity index (χ0v) is 31.7. The molecule has 3 N–H and O–H groups in total. The van der Waals surface area contributed by atoms with E-state index in [1.165, 1.54) is 24.5 Å². The van der Waals surface area contributed by atoms with Crippen molar-refractivity contribution in [3.05, 3.63) is 126 Å². The van der Waals surface area contributed by atoms with Crippen LogP contribution in [0.2, 0.25) is 0 Å². The first-order chi connectivity index (χ1) is 27.5. The van der Waals surface area contributed by atoms with Crippen LogP contribution >= 0.6 is 0 Å². The van der Waals surface area contributed by atoms with Gasteiger partial charge in [0.25, 0.3) is 15.9 Å². The summed E-state index contributed by atoms with van der Waals surface area (Å²) in [5.41, 5.74) is 2.55. The van der Waals surface area contributed by atoms with Crippen molar-refractivity contribution in [2.24, 2.45) is 0 Å². The number of anilines is 1. The highest BCUT2D eigenvalue weighted by Gasteiger charge is 2.27. The van der Waals surface area contributed by atoms with Crippen LogP contribution in [0.4, 0.5) is 19.4 Å². The van der Waals surface area contributed by atoms with E-state index in [9.17, 15) is 22.4 Å². The molecule has 4 heterocycles. The molecule has 1 aliphatic rings. The fraction of sp³-hybridized carbons (Fsp3) is 0.250. The van der Waals surface area contributed by atoms with Gasteiger partial charge in [-0.15, -0.1) is 0 Å². The summed E-state index contributed by atoms with van der Waals surface area (Å²) in [6.07, 6.45) is 6.45. The van der Waals surface area contributed by atoms with Crippen LogP contribution in [0.15, 0.2) is 96.4 Å². The maximum absolute atomic E-state index is 15.2. The van der Waals surface area contributed by atoms with E-state index in [0.717, 1.165) is 33.6 Å². The summed E-state index contributed by atoms with van der Waals surface area (Å²) < 4.78 is 68.5. The number of pyridine rings is 2. The molecular weight excluding hydrogens is 759 g/mol. The van der Waals surface area contributed by atoms with Crippen LogP contribution in [0.3, 0.4) is 0 Å². The fourth-order valence-electron chi connectivity index (χ4n) is 6.55. The zero-order valence-electron chi connectivity index (χ0n) is 30.9. The van der Waals surface area contributed by atoms with Gasteiger partial charge in [-0.2, -0.15) is 0 Å². The van der Waals surface area contributed by atoms with E-state index in [1.807, 2.05) is 19.1 Å². The molecule has 0 unspecified atom stereocenters. The SMILES string of the molecule is COc1ccc(CNC(=O)OCc2ccnc(C(=O)N[C@H]3CCC[C@@H](Nc4nc(-c5cn(S(=O)(=O)c6ccc(C)cc6)c6ncc(F)cc56)ncc4F)C3)c2)cc1. The quantitative estimate of drug-likeness (QED) is 0.127. The lowest BCUT2D eigenvalue weighted by Gasteiger charge is -2.30. The Kier molecular flexibility index (Phi) is 11.4. The van der Waals surface area contributed by atoms with Crippen LogP contribution < -0.4 is 20.7 Å². The van der Waals surface area contributed by atoms with E-state index in [2.05, 4.69) is 35.9 Å². The Balaban J connectivity index is 0.996. The first-order valence-electron chi connectivity index (χ1n) is 18.0. The lowest BCUT2D eigenvalue weighted by atomic mass is 9.91. The number of carbonyl (C=O) groups is 2. The number of nitrogens with zero attached hydrogens (tertiary/aromatic N) is 5. The van der Waals surface area contributed by atoms with Gasteiger partial charge >= 0.3 is 6.09 Å². The number of aryl methyl sites for hydroxylation is 1. The fourth-order valence-corrected chi connectivity index (χ4v) is 7.87. The number of carbonyl (C=O) groups excluding carboxylic acids is 2. The van der Waals surface area contributed by atoms with Gasteiger partial charge in [0.05, 0.1) is 24.4 Å². The summed E-state index contributed by atoms with van der Waals surface area (Å²) in [4.78, 5) is 42.3. The molecule has 6 aromatic rings. The van der Waals surface area contributed by atoms with E-state index < -0.39 is 33.7 Å². The molecule has 14 nitrogen and oxygen atoms in total. The molecule has 0 saturated heterocycles. The second-order valence-corrected chi connectivity index (χ2v) is 15.4. The van der Waals surface area contributed by atoms with Crippen molar-refractivity contribution >= 4 is 38.9 Å². The molecule has 1 saturated carbocycles. The monoisotopic (exact) mass is 796 g/mol. The number of methoxy groups -OCH3 is 1. The molecule has 294 valence electrons. The third kappa shape index (κ3) is 8.99. The highest BCUT2D eigenvalue weighted by Crippen LogP contribution is 2.32. The molecule has 17 heteroatoms. The maximum Gasteiger partial charge on any atom is 0.407 e. The molecule has 1 aliphatic carbocycles. The predicted octanol–water partition coefficient (Wildman–Crippen LogP) is 6.30. The number of ether oxygens (including phenoxy) is 2. The van der Waals surface area contributed by atoms with Crippen molar-refractivity contribution in [2.75, 3.05) is 12.4 Å². The highest BCUT2D eigenvalue weighted by molar-refractivity contribution is 7.90. The lowest BCUT2D eigenvalue weighted by Crippen LogP contribution is -2.42. The molecule has 7 rings (SSSR count). The molecule has 1 fully saturated rings. The average Bonchev–Trinajstić information content (AvgIpc) is 3.60. The van der Waals surface area contributed by atoms with Crippen molar-refractivity contribution < 1.29 is 36.3 Å². The Morgan fingerprint density at radius 2 is 1.70 bits per heavy atom. The number of hydrogen-bond acceptors (Lipinski definition) is 11. The summed E-state index contributed by atoms with van der Waals surface area (Å²) in [5.74, 6) is -1.34. The maximum atomic E-state index is 15.2. The molecule has 0 bridgehead atoms. The summed E-state index contributed by atoms with van der Waals surface area (Å²) >= 11 is 0. The zero-order chi connectivity index (χ0) is 40.1. The highest BCUT2D eigenvalue weighted by atomic mass is 32.2. The molecule has 2 aromatic carbocycles. The molecular formula is C40H38F2N8O6S. The first-order valence-corrected chi connectivity index (χ1v) is 19.5. The van der Waals surface area contributed by atoms with Crippen LogP contribution in [0.5, 0.6) is 5.75 Å². The summed E-state index contributed by atoms with van der Waals surface area (Å²) in [7, 11) is -2.58. The Morgan fingerprint density at radius 1 is 0.930 bits per heavy atom. The summed E-state index contributed by atoms with van der Waals surface area (Å²) in [5, 5.41) is 8.93. The van der Waals surface area contributed by atoms with Crippen molar-refractivity contribution in [3.63, 3.8) is 0 Å². The van der Waals surface area contributed by atoms with E-state index in [-0.39, 0.29) is 64.1 Å². The number of rotatable bonds is 12. The average molecular weight is 797 g/mol. The summed E-state index contributed by atoms with van der Waals surface area (Å²) in [6, 6.07) is 17.3. The third-order valence-electron chi connectivity index (χ3n) is 9.51. The van der Waals surface area contributed by atoms with Gasteiger partial charge in [-0.05, 0) is 86.2 Å². The minimum Gasteiger partial charge on any atom is -0.497 e. The lowest BCUT2D eigenvalue weighted by molar-refractivity contribution is 0.0921. The van der Waals surface area contributed by atoms with Gasteiger partial charge < -0.3 is 25.4 Å². The van der Waals surface area contributed by atoms with Crippen LogP contribution in [-0.4, -0.2) is 63.5 Å². The standard InChI is InChI=1S/C40H38F2N8O6S/c1-24-6-12-31(13-7-24)57(53,54)50-22-33(32-17-27(41)20-45-38(32)50)36-44-21-34(42)37(49-36)47-28-4-3-5-29(18-28)48-39(51)35-16-26(14-15-43-35)23-56-40(52)46-19-25-8-10-30(55-2)11-9-25/h6-17,20-22,28-29H,3-5,18-19,23H2,1-2H3,(H,46,52)(H,48,51)(H,44,47,49)/t28-,29+/m1/s1. The van der Waals surface area contributed by atoms with Crippen LogP contribution in [0, 0.1) is 18.6 Å². The predicted molar refractivity (Wildman–Crippen MR) is 206 cm³/mol. The first kappa shape index (κ1) is 38.8. The van der Waals surface area contributed by atoms with Crippen molar-refractivity contribution in [1.29, 1.82) is 0 Å². The number of alkyl carbamates (subject to hydrolysis) is 1. The Labute approximate surface area is 326 Å². The van der Waals surface area contributed by atoms with Gasteiger partial charge in [-0.1, -0.05) is 29.8 Å². The number of fused-ring (bicyclic) bond motifs is 1. The Morgan fingerprint density at radius 3 is 2.47 bits per heavy atom. The van der Waals surface area contributed by atoms with Crippen LogP contribution in [0.1, 0.15) is 52.9 Å². The summed E-state index contributed by atoms with van der Waals surface area (Å²) in [6.45, 7) is 2.02. The molecule has 0 aliphatic heterocycles. The smallest absolute Gasteiger partial charge is 0.407 e. The van der Waals surface area contributed by atoms with Crippen molar-refractivity contribution in [2.45, 2.75) is 62.7 Å². The van der Waals surface area contributed by atoms with Crippen LogP contribution in [-0.2, 0) is 27.9 Å². The molecule has 2 atom stereocenters. The second-order valence-electron chi connectivity index (χ2n) is 13.6. The second kappa shape index (κ2) is 16.7. The minimum atomic E-state index is -4.16. The van der Waals surface area contributed by atoms with E-state index >= 15 is 4.39 Å². The van der Waals surface area contributed by atoms with E-state index in [4.69, 9.17) is 9.47 Å². The van der Waals surface area contributed by atoms with Gasteiger partial charge in [0.15, 0.2) is 23.1 Å². The number of aromatic nitrogens is 5. The van der Waals surface area contributed by atoms with E-state index in [1.54, 1.807) is 43.5 Å². The normalized spacial score (nSPS) is 15.5. The number of hydrogen-bond donors (Lipinski definition) is 3. The number of nitrogens with one attached hydrogen (secondary N) is 3. The topological polar surface area (TPSA) is 179 Å². The van der Waals surface area contributed by atoms with Gasteiger partial charge in [0.1, 0.15) is 23.9 Å². The Hall–Kier alpha value is -6.49. The van der Waals surface area contributed by atoms with Crippen molar-refractivity contribution in [3.8, 4) is 17.1 Å². The molecule has 0 radical (unpaired) electrons.